The third-order valence-corrected chi connectivity index (χ3v) is 5.16. The number of hydrogen-bond acceptors (Lipinski definition) is 4. The van der Waals surface area contributed by atoms with Gasteiger partial charge in [-0.15, -0.1) is 11.3 Å². The topological polar surface area (TPSA) is 52.5 Å². The summed E-state index contributed by atoms with van der Waals surface area (Å²) in [5, 5.41) is 10.3. The van der Waals surface area contributed by atoms with E-state index in [1.54, 1.807) is 11.3 Å². The molecule has 0 aliphatic carbocycles. The molecule has 5 nitrogen and oxygen atoms in total. The molecule has 130 valence electrons. The zero-order valence-electron chi connectivity index (χ0n) is 14.8. The number of nitrogens with zero attached hydrogens (tertiary/aromatic N) is 3. The van der Waals surface area contributed by atoms with E-state index in [0.29, 0.717) is 12.6 Å². The van der Waals surface area contributed by atoms with Crippen LogP contribution in [-0.2, 0) is 13.0 Å². The second kappa shape index (κ2) is 9.88. The van der Waals surface area contributed by atoms with Gasteiger partial charge in [0.1, 0.15) is 0 Å². The van der Waals surface area contributed by atoms with Crippen LogP contribution >= 0.6 is 11.3 Å². The van der Waals surface area contributed by atoms with Crippen LogP contribution in [0.5, 0.6) is 0 Å². The average Bonchev–Trinajstić information content (AvgIpc) is 3.03. The zero-order valence-corrected chi connectivity index (χ0v) is 15.6. The quantitative estimate of drug-likeness (QED) is 0.593. The van der Waals surface area contributed by atoms with E-state index in [1.165, 1.54) is 43.9 Å². The van der Waals surface area contributed by atoms with E-state index >= 15 is 0 Å². The number of aromatic nitrogens is 1. The Bertz CT molecular complexity index is 477. The van der Waals surface area contributed by atoms with E-state index in [2.05, 4.69) is 46.7 Å². The van der Waals surface area contributed by atoms with Gasteiger partial charge < -0.3 is 15.5 Å². The Labute approximate surface area is 144 Å². The van der Waals surface area contributed by atoms with Gasteiger partial charge in [-0.2, -0.15) is 0 Å². The first kappa shape index (κ1) is 18.2. The van der Waals surface area contributed by atoms with Crippen molar-refractivity contribution in [1.82, 2.24) is 20.5 Å². The molecule has 1 aromatic heterocycles. The summed E-state index contributed by atoms with van der Waals surface area (Å²) in [6, 6.07) is 0.530. The molecule has 2 heterocycles. The smallest absolute Gasteiger partial charge is 0.191 e. The molecule has 0 atom stereocenters. The van der Waals surface area contributed by atoms with Crippen molar-refractivity contribution >= 4 is 17.3 Å². The summed E-state index contributed by atoms with van der Waals surface area (Å²) in [5.41, 5.74) is 1.07. The number of rotatable bonds is 7. The van der Waals surface area contributed by atoms with Gasteiger partial charge in [0.2, 0.25) is 0 Å². The van der Waals surface area contributed by atoms with Gasteiger partial charge >= 0.3 is 0 Å². The Morgan fingerprint density at radius 3 is 2.74 bits per heavy atom. The molecular formula is C17H31N5S. The summed E-state index contributed by atoms with van der Waals surface area (Å²) in [7, 11) is 0. The van der Waals surface area contributed by atoms with Crippen molar-refractivity contribution < 1.29 is 0 Å². The zero-order chi connectivity index (χ0) is 16.5. The monoisotopic (exact) mass is 337 g/mol. The molecule has 0 bridgehead atoms. The van der Waals surface area contributed by atoms with Crippen LogP contribution in [-0.4, -0.2) is 48.1 Å². The molecule has 1 saturated heterocycles. The highest BCUT2D eigenvalue weighted by Gasteiger charge is 2.19. The molecule has 2 rings (SSSR count). The van der Waals surface area contributed by atoms with Gasteiger partial charge in [0.25, 0.3) is 0 Å². The maximum atomic E-state index is 4.71. The van der Waals surface area contributed by atoms with Crippen LogP contribution in [0.4, 0.5) is 0 Å². The van der Waals surface area contributed by atoms with Gasteiger partial charge in [-0.3, -0.25) is 0 Å². The number of nitrogens with one attached hydrogen (secondary N) is 2. The first-order valence-corrected chi connectivity index (χ1v) is 9.83. The molecule has 6 heteroatoms. The van der Waals surface area contributed by atoms with Crippen molar-refractivity contribution in [2.45, 2.75) is 59.0 Å². The summed E-state index contributed by atoms with van der Waals surface area (Å²) in [6.45, 7) is 11.7. The lowest BCUT2D eigenvalue weighted by atomic mass is 10.1. The largest absolute Gasteiger partial charge is 0.357 e. The van der Waals surface area contributed by atoms with Crippen LogP contribution in [0.2, 0.25) is 0 Å². The van der Waals surface area contributed by atoms with Crippen molar-refractivity contribution in [3.63, 3.8) is 0 Å². The number of hydrogen-bond donors (Lipinski definition) is 2. The van der Waals surface area contributed by atoms with Gasteiger partial charge in [0.05, 0.1) is 17.2 Å². The van der Waals surface area contributed by atoms with Crippen molar-refractivity contribution in [3.05, 3.63) is 16.1 Å². The molecule has 0 amide bonds. The lowest BCUT2D eigenvalue weighted by molar-refractivity contribution is 0.206. The predicted octanol–water partition coefficient (Wildman–Crippen LogP) is 2.64. The highest BCUT2D eigenvalue weighted by atomic mass is 32.1. The minimum Gasteiger partial charge on any atom is -0.357 e. The molecule has 2 N–H and O–H groups in total. The van der Waals surface area contributed by atoms with E-state index in [0.717, 1.165) is 24.6 Å². The number of guanidine groups is 1. The maximum absolute atomic E-state index is 4.71. The standard InChI is InChI=1S/C17H31N5S/c1-4-9-22-10-7-14(8-11-22)21-17(18-6-3)19-12-15-13-23-16(5-2)20-15/h13-14H,4-12H2,1-3H3,(H2,18,19,21). The number of aliphatic imine (C=N–C) groups is 1. The van der Waals surface area contributed by atoms with Crippen LogP contribution in [0.15, 0.2) is 10.4 Å². The fraction of sp³-hybridized carbons (Fsp3) is 0.765. The predicted molar refractivity (Wildman–Crippen MR) is 99.2 cm³/mol. The Hall–Kier alpha value is -1.14. The van der Waals surface area contributed by atoms with Gasteiger partial charge in [-0.1, -0.05) is 13.8 Å². The second-order valence-corrected chi connectivity index (χ2v) is 6.98. The molecule has 1 aliphatic rings. The highest BCUT2D eigenvalue weighted by molar-refractivity contribution is 7.09. The maximum Gasteiger partial charge on any atom is 0.191 e. The lowest BCUT2D eigenvalue weighted by Crippen LogP contribution is -2.48. The summed E-state index contributed by atoms with van der Waals surface area (Å²) in [5.74, 6) is 0.924. The van der Waals surface area contributed by atoms with E-state index in [1.807, 2.05) is 0 Å². The van der Waals surface area contributed by atoms with Crippen LogP contribution < -0.4 is 10.6 Å². The minimum atomic E-state index is 0.530. The number of likely N-dealkylation sites (tertiary alicyclic amines) is 1. The lowest BCUT2D eigenvalue weighted by Gasteiger charge is -2.32. The molecule has 1 aromatic rings. The molecule has 0 aromatic carbocycles. The molecule has 23 heavy (non-hydrogen) atoms. The number of piperidine rings is 1. The molecule has 0 saturated carbocycles. The van der Waals surface area contributed by atoms with Crippen molar-refractivity contribution in [2.75, 3.05) is 26.2 Å². The Morgan fingerprint density at radius 2 is 2.13 bits per heavy atom. The van der Waals surface area contributed by atoms with Crippen molar-refractivity contribution in [1.29, 1.82) is 0 Å². The van der Waals surface area contributed by atoms with E-state index in [-0.39, 0.29) is 0 Å². The first-order chi connectivity index (χ1) is 11.2. The SMILES string of the molecule is CCCN1CCC(NC(=NCc2csc(CC)n2)NCC)CC1. The molecule has 1 fully saturated rings. The second-order valence-electron chi connectivity index (χ2n) is 6.04. The Kier molecular flexibility index (Phi) is 7.82. The van der Waals surface area contributed by atoms with Gasteiger partial charge in [-0.05, 0) is 39.2 Å². The Balaban J connectivity index is 1.84. The highest BCUT2D eigenvalue weighted by Crippen LogP contribution is 2.12. The van der Waals surface area contributed by atoms with Crippen LogP contribution in [0.3, 0.4) is 0 Å². The third-order valence-electron chi connectivity index (χ3n) is 4.11. The minimum absolute atomic E-state index is 0.530. The fourth-order valence-corrected chi connectivity index (χ4v) is 3.61. The summed E-state index contributed by atoms with van der Waals surface area (Å²) >= 11 is 1.73. The van der Waals surface area contributed by atoms with E-state index in [4.69, 9.17) is 4.99 Å². The molecular weight excluding hydrogens is 306 g/mol. The summed E-state index contributed by atoms with van der Waals surface area (Å²) in [6.07, 6.45) is 4.64. The van der Waals surface area contributed by atoms with Gasteiger partial charge in [0, 0.05) is 31.1 Å². The van der Waals surface area contributed by atoms with Gasteiger partial charge in [-0.25, -0.2) is 9.98 Å². The Morgan fingerprint density at radius 1 is 1.35 bits per heavy atom. The average molecular weight is 338 g/mol. The van der Waals surface area contributed by atoms with Crippen LogP contribution in [0.25, 0.3) is 0 Å². The van der Waals surface area contributed by atoms with E-state index < -0.39 is 0 Å². The number of thiazole rings is 1. The third kappa shape index (κ3) is 6.11. The van der Waals surface area contributed by atoms with Crippen LogP contribution in [0, 0.1) is 0 Å². The summed E-state index contributed by atoms with van der Waals surface area (Å²) < 4.78 is 0. The molecule has 0 spiro atoms. The fourth-order valence-electron chi connectivity index (χ4n) is 2.87. The van der Waals surface area contributed by atoms with E-state index in [9.17, 15) is 0 Å². The molecule has 0 radical (unpaired) electrons. The normalized spacial score (nSPS) is 17.4. The first-order valence-electron chi connectivity index (χ1n) is 8.95. The van der Waals surface area contributed by atoms with Crippen molar-refractivity contribution in [3.8, 4) is 0 Å². The molecule has 0 unspecified atom stereocenters. The summed E-state index contributed by atoms with van der Waals surface area (Å²) in [4.78, 5) is 11.9. The van der Waals surface area contributed by atoms with Gasteiger partial charge in [0.15, 0.2) is 5.96 Å². The van der Waals surface area contributed by atoms with Crippen molar-refractivity contribution in [2.24, 2.45) is 4.99 Å². The van der Waals surface area contributed by atoms with Crippen LogP contribution in [0.1, 0.15) is 50.7 Å². The number of aryl methyl sites for hydroxylation is 1. The molecule has 1 aliphatic heterocycles.